The first-order valence-electron chi connectivity index (χ1n) is 8.48. The molecule has 1 aliphatic rings. The fraction of sp³-hybridized carbons (Fsp3) is 0.350. The average molecular weight is 324 g/mol. The highest BCUT2D eigenvalue weighted by Crippen LogP contribution is 2.22. The Labute approximate surface area is 143 Å². The summed E-state index contributed by atoms with van der Waals surface area (Å²) in [5, 5.41) is 6.50. The zero-order valence-electron chi connectivity index (χ0n) is 14.0. The molecular formula is C20H24N2O2. The Balaban J connectivity index is 1.64. The largest absolute Gasteiger partial charge is 0.496 e. The zero-order valence-corrected chi connectivity index (χ0v) is 14.0. The second-order valence-corrected chi connectivity index (χ2v) is 6.14. The molecule has 4 heteroatoms. The molecule has 1 amide bonds. The lowest BCUT2D eigenvalue weighted by atomic mass is 10.1. The molecule has 126 valence electrons. The number of para-hydroxylation sites is 1. The number of amides is 1. The molecular weight excluding hydrogens is 300 g/mol. The number of methoxy groups -OCH3 is 1. The molecule has 0 radical (unpaired) electrons. The van der Waals surface area contributed by atoms with Crippen LogP contribution in [0, 0.1) is 0 Å². The molecule has 0 bridgehead atoms. The van der Waals surface area contributed by atoms with E-state index < -0.39 is 0 Å². The molecule has 2 aromatic rings. The number of rotatable bonds is 8. The van der Waals surface area contributed by atoms with Crippen molar-refractivity contribution in [1.82, 2.24) is 10.6 Å². The van der Waals surface area contributed by atoms with E-state index >= 15 is 0 Å². The van der Waals surface area contributed by atoms with Crippen LogP contribution in [0.2, 0.25) is 0 Å². The second-order valence-electron chi connectivity index (χ2n) is 6.14. The Bertz CT molecular complexity index is 668. The van der Waals surface area contributed by atoms with Gasteiger partial charge in [0, 0.05) is 12.6 Å². The molecule has 0 spiro atoms. The van der Waals surface area contributed by atoms with Crippen LogP contribution in [-0.2, 0) is 11.2 Å². The fourth-order valence-corrected chi connectivity index (χ4v) is 2.78. The Morgan fingerprint density at radius 3 is 2.54 bits per heavy atom. The van der Waals surface area contributed by atoms with Crippen molar-refractivity contribution < 1.29 is 9.53 Å². The second kappa shape index (κ2) is 7.97. The summed E-state index contributed by atoms with van der Waals surface area (Å²) in [6, 6.07) is 17.9. The summed E-state index contributed by atoms with van der Waals surface area (Å²) in [7, 11) is 1.68. The number of benzene rings is 2. The Morgan fingerprint density at radius 2 is 1.83 bits per heavy atom. The third-order valence-electron chi connectivity index (χ3n) is 4.25. The standard InChI is InChI=1S/C20H24N2O2/c1-24-18-10-6-5-7-15(18)13-14-21-19(16-8-3-2-4-9-16)20(23)22-17-11-12-17/h2-10,17,19,21H,11-14H2,1H3,(H,22,23). The molecule has 1 aliphatic carbocycles. The Kier molecular flexibility index (Phi) is 5.49. The van der Waals surface area contributed by atoms with Crippen LogP contribution in [0.4, 0.5) is 0 Å². The number of carbonyl (C=O) groups excluding carboxylic acids is 1. The summed E-state index contributed by atoms with van der Waals surface area (Å²) in [5.41, 5.74) is 2.14. The average Bonchev–Trinajstić information content (AvgIpc) is 3.43. The van der Waals surface area contributed by atoms with Crippen LogP contribution in [0.3, 0.4) is 0 Å². The molecule has 1 fully saturated rings. The predicted molar refractivity (Wildman–Crippen MR) is 95.0 cm³/mol. The van der Waals surface area contributed by atoms with Crippen molar-refractivity contribution >= 4 is 5.91 Å². The molecule has 0 aliphatic heterocycles. The van der Waals surface area contributed by atoms with Gasteiger partial charge >= 0.3 is 0 Å². The molecule has 1 atom stereocenters. The number of ether oxygens (including phenoxy) is 1. The lowest BCUT2D eigenvalue weighted by molar-refractivity contribution is -0.123. The van der Waals surface area contributed by atoms with E-state index in [4.69, 9.17) is 4.74 Å². The van der Waals surface area contributed by atoms with Crippen LogP contribution in [-0.4, -0.2) is 25.6 Å². The van der Waals surface area contributed by atoms with E-state index in [1.165, 1.54) is 0 Å². The van der Waals surface area contributed by atoms with Gasteiger partial charge in [-0.2, -0.15) is 0 Å². The van der Waals surface area contributed by atoms with Gasteiger partial charge < -0.3 is 15.4 Å². The molecule has 0 saturated heterocycles. The topological polar surface area (TPSA) is 50.4 Å². The van der Waals surface area contributed by atoms with E-state index in [2.05, 4.69) is 16.7 Å². The van der Waals surface area contributed by atoms with E-state index in [1.807, 2.05) is 48.5 Å². The molecule has 3 rings (SSSR count). The highest BCUT2D eigenvalue weighted by atomic mass is 16.5. The van der Waals surface area contributed by atoms with E-state index in [1.54, 1.807) is 7.11 Å². The highest BCUT2D eigenvalue weighted by molar-refractivity contribution is 5.83. The summed E-state index contributed by atoms with van der Waals surface area (Å²) in [6.45, 7) is 0.706. The molecule has 0 aromatic heterocycles. The van der Waals surface area contributed by atoms with Crippen LogP contribution in [0.15, 0.2) is 54.6 Å². The number of nitrogens with one attached hydrogen (secondary N) is 2. The lowest BCUT2D eigenvalue weighted by Gasteiger charge is -2.19. The quantitative estimate of drug-likeness (QED) is 0.785. The predicted octanol–water partition coefficient (Wildman–Crippen LogP) is 2.85. The minimum absolute atomic E-state index is 0.0590. The van der Waals surface area contributed by atoms with Gasteiger partial charge in [-0.1, -0.05) is 48.5 Å². The zero-order chi connectivity index (χ0) is 16.8. The summed E-state index contributed by atoms with van der Waals surface area (Å²) < 4.78 is 5.39. The van der Waals surface area contributed by atoms with Crippen molar-refractivity contribution in [2.45, 2.75) is 31.3 Å². The van der Waals surface area contributed by atoms with Gasteiger partial charge in [-0.25, -0.2) is 0 Å². The van der Waals surface area contributed by atoms with Crippen molar-refractivity contribution in [1.29, 1.82) is 0 Å². The molecule has 1 saturated carbocycles. The van der Waals surface area contributed by atoms with E-state index in [-0.39, 0.29) is 11.9 Å². The SMILES string of the molecule is COc1ccccc1CCNC(C(=O)NC1CC1)c1ccccc1. The first-order chi connectivity index (χ1) is 11.8. The minimum Gasteiger partial charge on any atom is -0.496 e. The maximum absolute atomic E-state index is 12.6. The number of hydrogen-bond donors (Lipinski definition) is 2. The van der Waals surface area contributed by atoms with Crippen LogP contribution in [0.25, 0.3) is 0 Å². The van der Waals surface area contributed by atoms with Crippen molar-refractivity contribution in [3.05, 3.63) is 65.7 Å². The normalized spacial score (nSPS) is 14.9. The molecule has 0 heterocycles. The van der Waals surface area contributed by atoms with Crippen LogP contribution in [0.1, 0.15) is 30.0 Å². The number of carbonyl (C=O) groups is 1. The monoisotopic (exact) mass is 324 g/mol. The van der Waals surface area contributed by atoms with Crippen LogP contribution >= 0.6 is 0 Å². The Morgan fingerprint density at radius 1 is 1.12 bits per heavy atom. The molecule has 1 unspecified atom stereocenters. The van der Waals surface area contributed by atoms with Gasteiger partial charge in [-0.3, -0.25) is 4.79 Å². The maximum Gasteiger partial charge on any atom is 0.241 e. The minimum atomic E-state index is -0.318. The van der Waals surface area contributed by atoms with Gasteiger partial charge in [-0.15, -0.1) is 0 Å². The van der Waals surface area contributed by atoms with E-state index in [0.29, 0.717) is 12.6 Å². The van der Waals surface area contributed by atoms with Gasteiger partial charge in [-0.05, 0) is 36.5 Å². The summed E-state index contributed by atoms with van der Waals surface area (Å²) in [4.78, 5) is 12.6. The molecule has 2 N–H and O–H groups in total. The van der Waals surface area contributed by atoms with Crippen LogP contribution in [0.5, 0.6) is 5.75 Å². The first kappa shape index (κ1) is 16.5. The van der Waals surface area contributed by atoms with Gasteiger partial charge in [0.25, 0.3) is 0 Å². The molecule has 4 nitrogen and oxygen atoms in total. The summed E-state index contributed by atoms with van der Waals surface area (Å²) in [6.07, 6.45) is 2.99. The van der Waals surface area contributed by atoms with Gasteiger partial charge in [0.15, 0.2) is 0 Å². The van der Waals surface area contributed by atoms with Crippen molar-refractivity contribution in [3.63, 3.8) is 0 Å². The van der Waals surface area contributed by atoms with Crippen LogP contribution < -0.4 is 15.4 Å². The molecule has 24 heavy (non-hydrogen) atoms. The third kappa shape index (κ3) is 4.36. The lowest BCUT2D eigenvalue weighted by Crippen LogP contribution is -2.39. The highest BCUT2D eigenvalue weighted by Gasteiger charge is 2.28. The first-order valence-corrected chi connectivity index (χ1v) is 8.48. The van der Waals surface area contributed by atoms with E-state index in [0.717, 1.165) is 36.1 Å². The maximum atomic E-state index is 12.6. The summed E-state index contributed by atoms with van der Waals surface area (Å²) >= 11 is 0. The molecule has 2 aromatic carbocycles. The Hall–Kier alpha value is -2.33. The number of hydrogen-bond acceptors (Lipinski definition) is 3. The smallest absolute Gasteiger partial charge is 0.241 e. The fourth-order valence-electron chi connectivity index (χ4n) is 2.78. The summed E-state index contributed by atoms with van der Waals surface area (Å²) in [5.74, 6) is 0.946. The van der Waals surface area contributed by atoms with Gasteiger partial charge in [0.2, 0.25) is 5.91 Å². The van der Waals surface area contributed by atoms with E-state index in [9.17, 15) is 4.79 Å². The van der Waals surface area contributed by atoms with Crippen molar-refractivity contribution in [2.24, 2.45) is 0 Å². The van der Waals surface area contributed by atoms with Crippen molar-refractivity contribution in [2.75, 3.05) is 13.7 Å². The van der Waals surface area contributed by atoms with Gasteiger partial charge in [0.1, 0.15) is 11.8 Å². The van der Waals surface area contributed by atoms with Crippen molar-refractivity contribution in [3.8, 4) is 5.75 Å². The van der Waals surface area contributed by atoms with Gasteiger partial charge in [0.05, 0.1) is 7.11 Å². The third-order valence-corrected chi connectivity index (χ3v) is 4.25.